The molecular formula is C60H116O6. The van der Waals surface area contributed by atoms with Gasteiger partial charge in [0.05, 0.1) is 0 Å². The van der Waals surface area contributed by atoms with Gasteiger partial charge in [0, 0.05) is 19.3 Å². The third-order valence-corrected chi connectivity index (χ3v) is 14.1. The van der Waals surface area contributed by atoms with Gasteiger partial charge in [-0.25, -0.2) is 0 Å². The third-order valence-electron chi connectivity index (χ3n) is 14.1. The van der Waals surface area contributed by atoms with Crippen LogP contribution in [0.3, 0.4) is 0 Å². The van der Waals surface area contributed by atoms with E-state index in [-0.39, 0.29) is 31.1 Å². The van der Waals surface area contributed by atoms with Gasteiger partial charge in [-0.3, -0.25) is 14.4 Å². The van der Waals surface area contributed by atoms with Gasteiger partial charge in [0.2, 0.25) is 0 Å². The fraction of sp³-hybridized carbons (Fsp3) is 0.950. The summed E-state index contributed by atoms with van der Waals surface area (Å²) in [6.45, 7) is 11.4. The molecular weight excluding hydrogens is 817 g/mol. The minimum Gasteiger partial charge on any atom is -0.462 e. The van der Waals surface area contributed by atoms with Gasteiger partial charge in [-0.15, -0.1) is 0 Å². The van der Waals surface area contributed by atoms with E-state index >= 15 is 0 Å². The molecule has 1 unspecified atom stereocenters. The lowest BCUT2D eigenvalue weighted by atomic mass is 9.99. The van der Waals surface area contributed by atoms with Crippen LogP contribution in [0.25, 0.3) is 0 Å². The van der Waals surface area contributed by atoms with E-state index in [1.807, 2.05) is 0 Å². The molecule has 0 amide bonds. The molecule has 0 N–H and O–H groups in total. The molecule has 0 spiro atoms. The zero-order valence-electron chi connectivity index (χ0n) is 45.3. The summed E-state index contributed by atoms with van der Waals surface area (Å²) in [6.07, 6.45) is 56.7. The average Bonchev–Trinajstić information content (AvgIpc) is 3.30. The molecule has 0 heterocycles. The highest BCUT2D eigenvalue weighted by Gasteiger charge is 2.19. The molecule has 6 nitrogen and oxygen atoms in total. The second-order valence-electron chi connectivity index (χ2n) is 21.4. The molecule has 66 heavy (non-hydrogen) atoms. The zero-order chi connectivity index (χ0) is 48.2. The number of hydrogen-bond acceptors (Lipinski definition) is 6. The standard InChI is InChI=1S/C60H116O6/c1-6-8-9-10-11-12-13-14-15-16-17-18-19-23-26-29-35-40-45-50-58(61)64-53-57(66-60(63)52-47-42-37-32-31-34-39-44-49-56(5)7-2)54-65-59(62)51-46-41-36-30-27-24-21-20-22-25-28-33-38-43-48-55(3)4/h55-57H,6-54H2,1-5H3/t56?,57-/m1/s1. The second kappa shape index (κ2) is 52.8. The van der Waals surface area contributed by atoms with E-state index in [1.54, 1.807) is 0 Å². The summed E-state index contributed by atoms with van der Waals surface area (Å²) in [4.78, 5) is 38.2. The molecule has 0 radical (unpaired) electrons. The number of rotatable bonds is 54. The molecule has 0 aliphatic carbocycles. The first-order valence-corrected chi connectivity index (χ1v) is 29.8. The highest BCUT2D eigenvalue weighted by molar-refractivity contribution is 5.71. The fourth-order valence-electron chi connectivity index (χ4n) is 9.20. The van der Waals surface area contributed by atoms with Gasteiger partial charge in [0.15, 0.2) is 6.10 Å². The van der Waals surface area contributed by atoms with E-state index in [0.717, 1.165) is 69.6 Å². The van der Waals surface area contributed by atoms with Crippen molar-refractivity contribution in [1.29, 1.82) is 0 Å². The summed E-state index contributed by atoms with van der Waals surface area (Å²) in [6, 6.07) is 0. The molecule has 0 aliphatic heterocycles. The molecule has 0 aromatic carbocycles. The summed E-state index contributed by atoms with van der Waals surface area (Å²) in [5.74, 6) is 0.849. The third kappa shape index (κ3) is 51.8. The van der Waals surface area contributed by atoms with Crippen LogP contribution in [0.2, 0.25) is 0 Å². The molecule has 0 saturated carbocycles. The molecule has 0 rings (SSSR count). The van der Waals surface area contributed by atoms with E-state index in [0.29, 0.717) is 19.3 Å². The quantitative estimate of drug-likeness (QED) is 0.0343. The minimum absolute atomic E-state index is 0.0630. The SMILES string of the molecule is CCCCCCCCCCCCCCCCCCCCCC(=O)OC[C@H](COC(=O)CCCCCCCCCCCCCCCCC(C)C)OC(=O)CCCCCCCCCCC(C)CC. The summed E-state index contributed by atoms with van der Waals surface area (Å²) in [5, 5.41) is 0. The Hall–Kier alpha value is -1.59. The Morgan fingerprint density at radius 1 is 0.318 bits per heavy atom. The second-order valence-corrected chi connectivity index (χ2v) is 21.4. The highest BCUT2D eigenvalue weighted by Crippen LogP contribution is 2.19. The Bertz CT molecular complexity index is 1010. The van der Waals surface area contributed by atoms with Crippen molar-refractivity contribution in [3.8, 4) is 0 Å². The maximum Gasteiger partial charge on any atom is 0.306 e. The van der Waals surface area contributed by atoms with Gasteiger partial charge < -0.3 is 14.2 Å². The van der Waals surface area contributed by atoms with Crippen LogP contribution in [0.15, 0.2) is 0 Å². The molecule has 6 heteroatoms. The molecule has 392 valence electrons. The number of carbonyl (C=O) groups is 3. The lowest BCUT2D eigenvalue weighted by Crippen LogP contribution is -2.30. The molecule has 0 aromatic heterocycles. The van der Waals surface area contributed by atoms with Crippen molar-refractivity contribution in [2.75, 3.05) is 13.2 Å². The van der Waals surface area contributed by atoms with E-state index < -0.39 is 6.10 Å². The smallest absolute Gasteiger partial charge is 0.306 e. The molecule has 2 atom stereocenters. The predicted octanol–water partition coefficient (Wildman–Crippen LogP) is 19.7. The number of carbonyl (C=O) groups excluding carboxylic acids is 3. The molecule has 0 fully saturated rings. The van der Waals surface area contributed by atoms with Crippen LogP contribution in [-0.4, -0.2) is 37.2 Å². The van der Waals surface area contributed by atoms with Gasteiger partial charge >= 0.3 is 17.9 Å². The van der Waals surface area contributed by atoms with E-state index in [9.17, 15) is 14.4 Å². The van der Waals surface area contributed by atoms with Crippen molar-refractivity contribution in [2.24, 2.45) is 11.8 Å². The average molecular weight is 934 g/mol. The highest BCUT2D eigenvalue weighted by atomic mass is 16.6. The van der Waals surface area contributed by atoms with Gasteiger partial charge in [0.25, 0.3) is 0 Å². The predicted molar refractivity (Wildman–Crippen MR) is 284 cm³/mol. The van der Waals surface area contributed by atoms with Crippen LogP contribution >= 0.6 is 0 Å². The van der Waals surface area contributed by atoms with Crippen LogP contribution in [0.5, 0.6) is 0 Å². The molecule has 0 aliphatic rings. The van der Waals surface area contributed by atoms with Gasteiger partial charge in [0.1, 0.15) is 13.2 Å². The summed E-state index contributed by atoms with van der Waals surface area (Å²) in [5.41, 5.74) is 0. The van der Waals surface area contributed by atoms with E-state index in [4.69, 9.17) is 14.2 Å². The van der Waals surface area contributed by atoms with Crippen LogP contribution < -0.4 is 0 Å². The monoisotopic (exact) mass is 933 g/mol. The lowest BCUT2D eigenvalue weighted by Gasteiger charge is -2.18. The number of unbranched alkanes of at least 4 members (excludes halogenated alkanes) is 38. The first-order chi connectivity index (χ1) is 32.3. The minimum atomic E-state index is -0.763. The first kappa shape index (κ1) is 64.4. The Kier molecular flexibility index (Phi) is 51.5. The van der Waals surface area contributed by atoms with Crippen molar-refractivity contribution in [2.45, 2.75) is 343 Å². The van der Waals surface area contributed by atoms with Crippen molar-refractivity contribution in [3.63, 3.8) is 0 Å². The van der Waals surface area contributed by atoms with Gasteiger partial charge in [-0.2, -0.15) is 0 Å². The zero-order valence-corrected chi connectivity index (χ0v) is 45.3. The van der Waals surface area contributed by atoms with Crippen molar-refractivity contribution in [3.05, 3.63) is 0 Å². The van der Waals surface area contributed by atoms with Crippen LogP contribution in [0, 0.1) is 11.8 Å². The van der Waals surface area contributed by atoms with Crippen molar-refractivity contribution < 1.29 is 28.6 Å². The van der Waals surface area contributed by atoms with Crippen LogP contribution in [0.4, 0.5) is 0 Å². The maximum atomic E-state index is 12.8. The summed E-state index contributed by atoms with van der Waals surface area (Å²) >= 11 is 0. The Morgan fingerprint density at radius 2 is 0.576 bits per heavy atom. The fourth-order valence-corrected chi connectivity index (χ4v) is 9.20. The van der Waals surface area contributed by atoms with Gasteiger partial charge in [-0.05, 0) is 31.1 Å². The Labute approximate surface area is 412 Å². The topological polar surface area (TPSA) is 78.9 Å². The first-order valence-electron chi connectivity index (χ1n) is 29.8. The summed E-state index contributed by atoms with van der Waals surface area (Å²) in [7, 11) is 0. The molecule has 0 bridgehead atoms. The molecule has 0 saturated heterocycles. The number of hydrogen-bond donors (Lipinski definition) is 0. The lowest BCUT2D eigenvalue weighted by molar-refractivity contribution is -0.167. The number of ether oxygens (including phenoxy) is 3. The Balaban J connectivity index is 4.25. The normalized spacial score (nSPS) is 12.5. The van der Waals surface area contributed by atoms with E-state index in [1.165, 1.54) is 225 Å². The number of esters is 3. The van der Waals surface area contributed by atoms with Crippen LogP contribution in [-0.2, 0) is 28.6 Å². The van der Waals surface area contributed by atoms with Crippen molar-refractivity contribution in [1.82, 2.24) is 0 Å². The van der Waals surface area contributed by atoms with Crippen LogP contribution in [0.1, 0.15) is 336 Å². The summed E-state index contributed by atoms with van der Waals surface area (Å²) < 4.78 is 16.9. The molecule has 0 aromatic rings. The van der Waals surface area contributed by atoms with E-state index in [2.05, 4.69) is 34.6 Å². The van der Waals surface area contributed by atoms with Crippen molar-refractivity contribution >= 4 is 17.9 Å². The van der Waals surface area contributed by atoms with Gasteiger partial charge in [-0.1, -0.05) is 298 Å². The Morgan fingerprint density at radius 3 is 0.864 bits per heavy atom. The largest absolute Gasteiger partial charge is 0.462 e. The maximum absolute atomic E-state index is 12.8.